The monoisotopic (exact) mass is 282 g/mol. The standard InChI is InChI=1S/C17H34N2O/c1-17(2,20-3)11-10-16(19-18)15-9-8-13-6-4-5-7-14(13)12-15/h13-16,19H,4-12,18H2,1-3H3. The Hall–Kier alpha value is -0.120. The van der Waals surface area contributed by atoms with E-state index in [0.717, 1.165) is 30.6 Å². The third-order valence-corrected chi connectivity index (χ3v) is 5.97. The van der Waals surface area contributed by atoms with E-state index in [1.54, 1.807) is 7.11 Å². The summed E-state index contributed by atoms with van der Waals surface area (Å²) in [6.07, 6.45) is 12.2. The van der Waals surface area contributed by atoms with E-state index in [0.29, 0.717) is 6.04 Å². The summed E-state index contributed by atoms with van der Waals surface area (Å²) in [5.74, 6) is 8.62. The molecule has 0 heterocycles. The Morgan fingerprint density at radius 3 is 2.50 bits per heavy atom. The predicted molar refractivity (Wildman–Crippen MR) is 84.2 cm³/mol. The highest BCUT2D eigenvalue weighted by molar-refractivity contribution is 4.88. The molecule has 2 aliphatic rings. The van der Waals surface area contributed by atoms with Crippen molar-refractivity contribution in [1.82, 2.24) is 5.43 Å². The summed E-state index contributed by atoms with van der Waals surface area (Å²) >= 11 is 0. The van der Waals surface area contributed by atoms with Crippen LogP contribution in [-0.4, -0.2) is 18.8 Å². The molecule has 4 unspecified atom stereocenters. The van der Waals surface area contributed by atoms with Crippen LogP contribution in [0.1, 0.15) is 71.6 Å². The number of methoxy groups -OCH3 is 1. The molecular formula is C17H34N2O. The Kier molecular flexibility index (Phi) is 5.88. The molecule has 0 bridgehead atoms. The van der Waals surface area contributed by atoms with Crippen molar-refractivity contribution < 1.29 is 4.74 Å². The molecule has 4 atom stereocenters. The minimum Gasteiger partial charge on any atom is -0.379 e. The SMILES string of the molecule is COC(C)(C)CCC(NN)C1CCC2CCCCC2C1. The number of hydrazine groups is 1. The van der Waals surface area contributed by atoms with Crippen molar-refractivity contribution >= 4 is 0 Å². The van der Waals surface area contributed by atoms with Gasteiger partial charge >= 0.3 is 0 Å². The topological polar surface area (TPSA) is 47.3 Å². The zero-order chi connectivity index (χ0) is 14.6. The summed E-state index contributed by atoms with van der Waals surface area (Å²) < 4.78 is 5.54. The molecule has 0 aromatic heterocycles. The summed E-state index contributed by atoms with van der Waals surface area (Å²) in [6, 6.07) is 0.465. The van der Waals surface area contributed by atoms with Gasteiger partial charge in [-0.15, -0.1) is 0 Å². The first-order chi connectivity index (χ1) is 9.55. The Labute approximate surface area is 125 Å². The van der Waals surface area contributed by atoms with Crippen molar-refractivity contribution in [2.24, 2.45) is 23.6 Å². The fourth-order valence-electron chi connectivity index (χ4n) is 4.34. The van der Waals surface area contributed by atoms with E-state index >= 15 is 0 Å². The maximum Gasteiger partial charge on any atom is 0.0623 e. The van der Waals surface area contributed by atoms with Crippen LogP contribution in [0.3, 0.4) is 0 Å². The molecule has 0 saturated heterocycles. The molecule has 3 N–H and O–H groups in total. The molecule has 0 aliphatic heterocycles. The molecular weight excluding hydrogens is 248 g/mol. The third-order valence-electron chi connectivity index (χ3n) is 5.97. The van der Waals surface area contributed by atoms with E-state index in [2.05, 4.69) is 19.3 Å². The first-order valence-corrected chi connectivity index (χ1v) is 8.57. The molecule has 2 rings (SSSR count). The van der Waals surface area contributed by atoms with Gasteiger partial charge in [-0.2, -0.15) is 0 Å². The molecule has 2 fully saturated rings. The molecule has 0 spiro atoms. The van der Waals surface area contributed by atoms with Gasteiger partial charge in [-0.25, -0.2) is 0 Å². The molecule has 0 radical (unpaired) electrons. The second kappa shape index (κ2) is 7.24. The fraction of sp³-hybridized carbons (Fsp3) is 1.00. The second-order valence-electron chi connectivity index (χ2n) is 7.65. The first kappa shape index (κ1) is 16.3. The highest BCUT2D eigenvalue weighted by Crippen LogP contribution is 2.44. The maximum absolute atomic E-state index is 5.85. The number of nitrogens with two attached hydrogens (primary N) is 1. The van der Waals surface area contributed by atoms with E-state index < -0.39 is 0 Å². The summed E-state index contributed by atoms with van der Waals surface area (Å²) in [4.78, 5) is 0. The minimum absolute atomic E-state index is 0.0306. The van der Waals surface area contributed by atoms with Crippen LogP contribution in [0.15, 0.2) is 0 Å². The number of hydrogen-bond donors (Lipinski definition) is 2. The Morgan fingerprint density at radius 1 is 1.15 bits per heavy atom. The summed E-state index contributed by atoms with van der Waals surface area (Å²) in [5.41, 5.74) is 3.08. The van der Waals surface area contributed by atoms with Crippen LogP contribution in [0.25, 0.3) is 0 Å². The van der Waals surface area contributed by atoms with E-state index in [1.165, 1.54) is 44.9 Å². The van der Waals surface area contributed by atoms with Gasteiger partial charge in [0.2, 0.25) is 0 Å². The van der Waals surface area contributed by atoms with Gasteiger partial charge in [0, 0.05) is 13.2 Å². The Morgan fingerprint density at radius 2 is 1.85 bits per heavy atom. The largest absolute Gasteiger partial charge is 0.379 e. The van der Waals surface area contributed by atoms with Gasteiger partial charge in [0.1, 0.15) is 0 Å². The predicted octanol–water partition coefficient (Wildman–Crippen LogP) is 3.63. The van der Waals surface area contributed by atoms with Crippen LogP contribution >= 0.6 is 0 Å². The number of nitrogens with one attached hydrogen (secondary N) is 1. The zero-order valence-electron chi connectivity index (χ0n) is 13.7. The molecule has 2 aliphatic carbocycles. The third kappa shape index (κ3) is 4.19. The van der Waals surface area contributed by atoms with E-state index in [-0.39, 0.29) is 5.60 Å². The van der Waals surface area contributed by atoms with Crippen LogP contribution in [0.2, 0.25) is 0 Å². The molecule has 20 heavy (non-hydrogen) atoms. The average molecular weight is 282 g/mol. The molecule has 0 aromatic rings. The first-order valence-electron chi connectivity index (χ1n) is 8.57. The number of rotatable bonds is 6. The lowest BCUT2D eigenvalue weighted by Crippen LogP contribution is -2.45. The van der Waals surface area contributed by atoms with Crippen molar-refractivity contribution in [2.45, 2.75) is 83.3 Å². The molecule has 3 heteroatoms. The van der Waals surface area contributed by atoms with Crippen molar-refractivity contribution in [2.75, 3.05) is 7.11 Å². The lowest BCUT2D eigenvalue weighted by molar-refractivity contribution is 0.00778. The zero-order valence-corrected chi connectivity index (χ0v) is 13.7. The van der Waals surface area contributed by atoms with Gasteiger partial charge in [0.25, 0.3) is 0 Å². The number of ether oxygens (including phenoxy) is 1. The average Bonchev–Trinajstić information content (AvgIpc) is 2.47. The van der Waals surface area contributed by atoms with Gasteiger partial charge in [0.05, 0.1) is 5.60 Å². The summed E-state index contributed by atoms with van der Waals surface area (Å²) in [6.45, 7) is 4.33. The summed E-state index contributed by atoms with van der Waals surface area (Å²) in [5, 5.41) is 0. The van der Waals surface area contributed by atoms with Gasteiger partial charge < -0.3 is 4.74 Å². The van der Waals surface area contributed by atoms with Crippen LogP contribution in [0.4, 0.5) is 0 Å². The maximum atomic E-state index is 5.85. The molecule has 0 amide bonds. The second-order valence-corrected chi connectivity index (χ2v) is 7.65. The van der Waals surface area contributed by atoms with Gasteiger partial charge in [-0.05, 0) is 63.7 Å². The van der Waals surface area contributed by atoms with Crippen LogP contribution < -0.4 is 11.3 Å². The highest BCUT2D eigenvalue weighted by Gasteiger charge is 2.35. The van der Waals surface area contributed by atoms with E-state index in [1.807, 2.05) is 0 Å². The molecule has 2 saturated carbocycles. The van der Waals surface area contributed by atoms with Crippen molar-refractivity contribution in [3.8, 4) is 0 Å². The van der Waals surface area contributed by atoms with Crippen molar-refractivity contribution in [3.05, 3.63) is 0 Å². The Balaban J connectivity index is 1.85. The van der Waals surface area contributed by atoms with E-state index in [4.69, 9.17) is 10.6 Å². The van der Waals surface area contributed by atoms with Crippen LogP contribution in [-0.2, 0) is 4.74 Å². The van der Waals surface area contributed by atoms with Gasteiger partial charge in [-0.1, -0.05) is 25.7 Å². The fourth-order valence-corrected chi connectivity index (χ4v) is 4.34. The lowest BCUT2D eigenvalue weighted by Gasteiger charge is -2.42. The minimum atomic E-state index is -0.0306. The molecule has 3 nitrogen and oxygen atoms in total. The number of fused-ring (bicyclic) bond motifs is 1. The smallest absolute Gasteiger partial charge is 0.0623 e. The quantitative estimate of drug-likeness (QED) is 0.577. The van der Waals surface area contributed by atoms with Crippen LogP contribution in [0.5, 0.6) is 0 Å². The van der Waals surface area contributed by atoms with Crippen molar-refractivity contribution in [3.63, 3.8) is 0 Å². The van der Waals surface area contributed by atoms with Gasteiger partial charge in [0.15, 0.2) is 0 Å². The molecule has 118 valence electrons. The Bertz CT molecular complexity index is 293. The van der Waals surface area contributed by atoms with E-state index in [9.17, 15) is 0 Å². The van der Waals surface area contributed by atoms with Crippen LogP contribution in [0, 0.1) is 17.8 Å². The van der Waals surface area contributed by atoms with Crippen molar-refractivity contribution in [1.29, 1.82) is 0 Å². The highest BCUT2D eigenvalue weighted by atomic mass is 16.5. The van der Waals surface area contributed by atoms with Gasteiger partial charge in [-0.3, -0.25) is 11.3 Å². The molecule has 0 aromatic carbocycles. The number of hydrogen-bond acceptors (Lipinski definition) is 3. The summed E-state index contributed by atoms with van der Waals surface area (Å²) in [7, 11) is 1.80. The normalized spacial score (nSPS) is 32.7. The lowest BCUT2D eigenvalue weighted by atomic mass is 9.65.